The third-order valence-corrected chi connectivity index (χ3v) is 3.64. The van der Waals surface area contributed by atoms with Crippen LogP contribution in [0.2, 0.25) is 0 Å². The average Bonchev–Trinajstić information content (AvgIpc) is 2.63. The fourth-order valence-electron chi connectivity index (χ4n) is 2.21. The highest BCUT2D eigenvalue weighted by molar-refractivity contribution is 5.98. The van der Waals surface area contributed by atoms with E-state index in [1.165, 1.54) is 24.8 Å². The number of rotatable bonds is 7. The third-order valence-electron chi connectivity index (χ3n) is 3.64. The van der Waals surface area contributed by atoms with Crippen molar-refractivity contribution in [2.24, 2.45) is 0 Å². The second kappa shape index (κ2) is 8.73. The van der Waals surface area contributed by atoms with E-state index >= 15 is 0 Å². The lowest BCUT2D eigenvalue weighted by Crippen LogP contribution is -2.16. The molecular formula is C19H21NO5. The van der Waals surface area contributed by atoms with Crippen molar-refractivity contribution in [3.05, 3.63) is 53.6 Å². The Morgan fingerprint density at radius 2 is 1.84 bits per heavy atom. The van der Waals surface area contributed by atoms with Gasteiger partial charge in [0.25, 0.3) is 0 Å². The summed E-state index contributed by atoms with van der Waals surface area (Å²) in [7, 11) is 1.22. The number of aromatic hydroxyl groups is 1. The van der Waals surface area contributed by atoms with E-state index in [0.717, 1.165) is 6.42 Å². The molecule has 25 heavy (non-hydrogen) atoms. The Balaban J connectivity index is 1.88. The van der Waals surface area contributed by atoms with Gasteiger partial charge in [-0.1, -0.05) is 25.1 Å². The van der Waals surface area contributed by atoms with Crippen LogP contribution in [0.1, 0.15) is 29.3 Å². The Hall–Kier alpha value is -3.02. The first-order valence-corrected chi connectivity index (χ1v) is 7.97. The molecule has 0 spiro atoms. The quantitative estimate of drug-likeness (QED) is 0.596. The van der Waals surface area contributed by atoms with Crippen molar-refractivity contribution in [3.63, 3.8) is 0 Å². The number of anilines is 1. The number of benzene rings is 2. The number of para-hydroxylation sites is 1. The number of esters is 1. The fourth-order valence-corrected chi connectivity index (χ4v) is 2.21. The first kappa shape index (κ1) is 18.3. The molecule has 0 aliphatic rings. The normalized spacial score (nSPS) is 10.2. The zero-order chi connectivity index (χ0) is 18.2. The van der Waals surface area contributed by atoms with E-state index in [2.05, 4.69) is 17.0 Å². The molecule has 6 heteroatoms. The van der Waals surface area contributed by atoms with Crippen LogP contribution in [-0.4, -0.2) is 30.7 Å². The lowest BCUT2D eigenvalue weighted by atomic mass is 10.1. The average molecular weight is 343 g/mol. The number of hydrogen-bond donors (Lipinski definition) is 2. The molecule has 2 aromatic rings. The topological polar surface area (TPSA) is 84.9 Å². The van der Waals surface area contributed by atoms with Crippen LogP contribution in [0.25, 0.3) is 0 Å². The number of aryl methyl sites for hydroxylation is 1. The predicted octanol–water partition coefficient (Wildman–Crippen LogP) is 3.15. The van der Waals surface area contributed by atoms with E-state index in [1.807, 2.05) is 24.3 Å². The zero-order valence-electron chi connectivity index (χ0n) is 14.2. The van der Waals surface area contributed by atoms with Gasteiger partial charge in [0.2, 0.25) is 5.91 Å². The van der Waals surface area contributed by atoms with Crippen molar-refractivity contribution in [3.8, 4) is 11.5 Å². The maximum Gasteiger partial charge on any atom is 0.341 e. The molecule has 2 N–H and O–H groups in total. The molecule has 0 radical (unpaired) electrons. The summed E-state index contributed by atoms with van der Waals surface area (Å²) in [6.45, 7) is 2.28. The van der Waals surface area contributed by atoms with E-state index in [-0.39, 0.29) is 35.9 Å². The predicted molar refractivity (Wildman–Crippen MR) is 94.0 cm³/mol. The van der Waals surface area contributed by atoms with Crippen molar-refractivity contribution < 1.29 is 24.2 Å². The molecule has 0 aliphatic heterocycles. The molecule has 6 nitrogen and oxygen atoms in total. The van der Waals surface area contributed by atoms with Crippen molar-refractivity contribution in [1.82, 2.24) is 0 Å². The molecule has 0 bridgehead atoms. The Labute approximate surface area is 146 Å². The van der Waals surface area contributed by atoms with Gasteiger partial charge < -0.3 is 19.9 Å². The number of carbonyl (C=O) groups is 2. The van der Waals surface area contributed by atoms with Gasteiger partial charge >= 0.3 is 5.97 Å². The molecule has 0 saturated heterocycles. The van der Waals surface area contributed by atoms with Gasteiger partial charge in [-0.3, -0.25) is 4.79 Å². The Bertz CT molecular complexity index is 740. The number of carbonyl (C=O) groups excluding carboxylic acids is 2. The summed E-state index contributed by atoms with van der Waals surface area (Å²) in [6, 6.07) is 12.2. The summed E-state index contributed by atoms with van der Waals surface area (Å²) in [4.78, 5) is 23.5. The Morgan fingerprint density at radius 1 is 1.12 bits per heavy atom. The lowest BCUT2D eigenvalue weighted by molar-refractivity contribution is -0.116. The van der Waals surface area contributed by atoms with Crippen LogP contribution in [0.15, 0.2) is 42.5 Å². The summed E-state index contributed by atoms with van der Waals surface area (Å²) < 4.78 is 10.1. The summed E-state index contributed by atoms with van der Waals surface area (Å²) in [5.74, 6) is -0.630. The molecule has 0 fully saturated rings. The number of methoxy groups -OCH3 is 1. The molecule has 0 atom stereocenters. The molecular weight excluding hydrogens is 322 g/mol. The fraction of sp³-hybridized carbons (Fsp3) is 0.263. The van der Waals surface area contributed by atoms with E-state index < -0.39 is 5.97 Å². The van der Waals surface area contributed by atoms with Gasteiger partial charge in [-0.05, 0) is 36.2 Å². The second-order valence-electron chi connectivity index (χ2n) is 5.34. The highest BCUT2D eigenvalue weighted by Crippen LogP contribution is 2.28. The SMILES string of the molecule is CCc1ccc(OCCC(=O)Nc2cccc(C(=O)OC)c2O)cc1. The van der Waals surface area contributed by atoms with E-state index in [9.17, 15) is 14.7 Å². The molecule has 132 valence electrons. The largest absolute Gasteiger partial charge is 0.505 e. The Morgan fingerprint density at radius 3 is 2.48 bits per heavy atom. The van der Waals surface area contributed by atoms with Crippen LogP contribution in [-0.2, 0) is 16.0 Å². The van der Waals surface area contributed by atoms with Gasteiger partial charge in [0.05, 0.1) is 25.8 Å². The zero-order valence-corrected chi connectivity index (χ0v) is 14.2. The summed E-state index contributed by atoms with van der Waals surface area (Å²) in [5.41, 5.74) is 1.36. The number of nitrogens with one attached hydrogen (secondary N) is 1. The van der Waals surface area contributed by atoms with Crippen LogP contribution in [0.5, 0.6) is 11.5 Å². The van der Waals surface area contributed by atoms with E-state index in [4.69, 9.17) is 4.74 Å². The molecule has 0 heterocycles. The minimum atomic E-state index is -0.674. The van der Waals surface area contributed by atoms with Crippen LogP contribution in [0.3, 0.4) is 0 Å². The maximum absolute atomic E-state index is 12.0. The van der Waals surface area contributed by atoms with Crippen molar-refractivity contribution in [1.29, 1.82) is 0 Å². The van der Waals surface area contributed by atoms with Gasteiger partial charge in [-0.2, -0.15) is 0 Å². The van der Waals surface area contributed by atoms with Crippen LogP contribution in [0.4, 0.5) is 5.69 Å². The molecule has 0 unspecified atom stereocenters. The molecule has 2 aromatic carbocycles. The first-order chi connectivity index (χ1) is 12.0. The Kier molecular flexibility index (Phi) is 6.39. The van der Waals surface area contributed by atoms with Crippen molar-refractivity contribution in [2.45, 2.75) is 19.8 Å². The van der Waals surface area contributed by atoms with Gasteiger partial charge in [0.1, 0.15) is 11.3 Å². The number of amides is 1. The standard InChI is InChI=1S/C19H21NO5/c1-3-13-7-9-14(10-8-13)25-12-11-17(21)20-16-6-4-5-15(18(16)22)19(23)24-2/h4-10,22H,3,11-12H2,1-2H3,(H,20,21). The maximum atomic E-state index is 12.0. The molecule has 2 rings (SSSR count). The molecule has 0 saturated carbocycles. The smallest absolute Gasteiger partial charge is 0.341 e. The molecule has 0 aromatic heterocycles. The monoisotopic (exact) mass is 343 g/mol. The summed E-state index contributed by atoms with van der Waals surface area (Å²) >= 11 is 0. The minimum absolute atomic E-state index is 0.00689. The van der Waals surface area contributed by atoms with Gasteiger partial charge in [-0.25, -0.2) is 4.79 Å². The van der Waals surface area contributed by atoms with Gasteiger partial charge in [0, 0.05) is 0 Å². The van der Waals surface area contributed by atoms with E-state index in [1.54, 1.807) is 6.07 Å². The van der Waals surface area contributed by atoms with E-state index in [0.29, 0.717) is 5.75 Å². The van der Waals surface area contributed by atoms with Crippen molar-refractivity contribution >= 4 is 17.6 Å². The first-order valence-electron chi connectivity index (χ1n) is 7.97. The molecule has 0 aliphatic carbocycles. The van der Waals surface area contributed by atoms with Gasteiger partial charge in [-0.15, -0.1) is 0 Å². The second-order valence-corrected chi connectivity index (χ2v) is 5.34. The van der Waals surface area contributed by atoms with Crippen molar-refractivity contribution in [2.75, 3.05) is 19.0 Å². The minimum Gasteiger partial charge on any atom is -0.505 e. The molecule has 1 amide bonds. The highest BCUT2D eigenvalue weighted by Gasteiger charge is 2.15. The van der Waals surface area contributed by atoms with Gasteiger partial charge in [0.15, 0.2) is 5.75 Å². The summed E-state index contributed by atoms with van der Waals surface area (Å²) in [6.07, 6.45) is 1.06. The number of hydrogen-bond acceptors (Lipinski definition) is 5. The number of ether oxygens (including phenoxy) is 2. The number of phenolic OH excluding ortho intramolecular Hbond substituents is 1. The van der Waals surface area contributed by atoms with Crippen LogP contribution >= 0.6 is 0 Å². The number of phenols is 1. The lowest BCUT2D eigenvalue weighted by Gasteiger charge is -2.10. The highest BCUT2D eigenvalue weighted by atomic mass is 16.5. The summed E-state index contributed by atoms with van der Waals surface area (Å²) in [5, 5.41) is 12.6. The van der Waals surface area contributed by atoms with Crippen LogP contribution < -0.4 is 10.1 Å². The third kappa shape index (κ3) is 4.97. The van der Waals surface area contributed by atoms with Crippen LogP contribution in [0, 0.1) is 0 Å².